The summed E-state index contributed by atoms with van der Waals surface area (Å²) in [5.74, 6) is -0.0615. The van der Waals surface area contributed by atoms with Crippen LogP contribution in [-0.2, 0) is 9.53 Å². The molecule has 0 radical (unpaired) electrons. The van der Waals surface area contributed by atoms with Crippen molar-refractivity contribution in [1.29, 1.82) is 0 Å². The van der Waals surface area contributed by atoms with Gasteiger partial charge in [0.1, 0.15) is 6.10 Å². The fourth-order valence-electron chi connectivity index (χ4n) is 1.61. The van der Waals surface area contributed by atoms with E-state index in [0.717, 1.165) is 13.1 Å². The van der Waals surface area contributed by atoms with E-state index in [9.17, 15) is 4.79 Å². The third-order valence-electron chi connectivity index (χ3n) is 2.86. The molecule has 3 N–H and O–H groups in total. The van der Waals surface area contributed by atoms with Gasteiger partial charge in [-0.1, -0.05) is 6.92 Å². The lowest BCUT2D eigenvalue weighted by molar-refractivity contribution is -0.140. The highest BCUT2D eigenvalue weighted by Gasteiger charge is 2.29. The Bertz CT molecular complexity index is 252. The lowest BCUT2D eigenvalue weighted by atomic mass is 10.1. The fraction of sp³-hybridized carbons (Fsp3) is 0.909. The van der Waals surface area contributed by atoms with Crippen molar-refractivity contribution in [1.82, 2.24) is 10.2 Å². The minimum Gasteiger partial charge on any atom is -0.366 e. The zero-order chi connectivity index (χ0) is 12.2. The van der Waals surface area contributed by atoms with E-state index in [-0.39, 0.29) is 42.4 Å². The number of hydrogen-bond donors (Lipinski definition) is 2. The number of likely N-dealkylation sites (N-methyl/N-ethyl adjacent to an activating group) is 1. The molecule has 0 spiro atoms. The van der Waals surface area contributed by atoms with Crippen LogP contribution in [0.25, 0.3) is 0 Å². The summed E-state index contributed by atoms with van der Waals surface area (Å²) in [5.41, 5.74) is 5.21. The third-order valence-corrected chi connectivity index (χ3v) is 2.86. The van der Waals surface area contributed by atoms with Crippen molar-refractivity contribution in [2.75, 3.05) is 32.8 Å². The summed E-state index contributed by atoms with van der Waals surface area (Å²) in [6.45, 7) is 9.47. The lowest BCUT2D eigenvalue weighted by Crippen LogP contribution is -2.56. The molecule has 1 unspecified atom stereocenters. The molecule has 18 heavy (non-hydrogen) atoms. The SMILES string of the molecule is CCN1CCOC(C(=O)NC(C)(C)CN)C1.Cl.Cl. The maximum atomic E-state index is 11.9. The number of carbonyl (C=O) groups excluding carboxylic acids is 1. The number of nitrogens with one attached hydrogen (secondary N) is 1. The molecule has 1 saturated heterocycles. The average Bonchev–Trinajstić information content (AvgIpc) is 2.28. The Hall–Kier alpha value is -0.0700. The number of nitrogens with two attached hydrogens (primary N) is 1. The molecule has 0 aromatic heterocycles. The molecule has 1 heterocycles. The summed E-state index contributed by atoms with van der Waals surface area (Å²) in [5, 5.41) is 2.90. The van der Waals surface area contributed by atoms with Gasteiger partial charge in [0.15, 0.2) is 0 Å². The van der Waals surface area contributed by atoms with E-state index >= 15 is 0 Å². The van der Waals surface area contributed by atoms with Gasteiger partial charge in [-0.15, -0.1) is 24.8 Å². The van der Waals surface area contributed by atoms with Crippen LogP contribution in [-0.4, -0.2) is 55.2 Å². The molecule has 0 aliphatic carbocycles. The number of amides is 1. The molecule has 1 atom stereocenters. The Labute approximate surface area is 122 Å². The van der Waals surface area contributed by atoms with E-state index in [4.69, 9.17) is 10.5 Å². The second kappa shape index (κ2) is 8.93. The van der Waals surface area contributed by atoms with E-state index in [1.165, 1.54) is 0 Å². The normalized spacial score (nSPS) is 20.6. The number of ether oxygens (including phenoxy) is 1. The van der Waals surface area contributed by atoms with Crippen LogP contribution in [0.3, 0.4) is 0 Å². The van der Waals surface area contributed by atoms with Gasteiger partial charge in [0.25, 0.3) is 5.91 Å². The molecule has 1 aliphatic heterocycles. The summed E-state index contributed by atoms with van der Waals surface area (Å²) < 4.78 is 5.47. The van der Waals surface area contributed by atoms with Gasteiger partial charge < -0.3 is 15.8 Å². The molecule has 0 aromatic carbocycles. The average molecular weight is 302 g/mol. The Morgan fingerprint density at radius 1 is 1.50 bits per heavy atom. The van der Waals surface area contributed by atoms with Gasteiger partial charge in [-0.2, -0.15) is 0 Å². The van der Waals surface area contributed by atoms with Gasteiger partial charge in [0.2, 0.25) is 0 Å². The molecule has 1 amide bonds. The molecular formula is C11H25Cl2N3O2. The number of hydrogen-bond acceptors (Lipinski definition) is 4. The van der Waals surface area contributed by atoms with Gasteiger partial charge in [-0.05, 0) is 20.4 Å². The van der Waals surface area contributed by atoms with Crippen LogP contribution in [0.2, 0.25) is 0 Å². The van der Waals surface area contributed by atoms with Gasteiger partial charge in [-0.3, -0.25) is 9.69 Å². The first-order valence-electron chi connectivity index (χ1n) is 5.84. The number of carbonyl (C=O) groups is 1. The van der Waals surface area contributed by atoms with Gasteiger partial charge in [0, 0.05) is 25.2 Å². The highest BCUT2D eigenvalue weighted by atomic mass is 35.5. The van der Waals surface area contributed by atoms with Crippen molar-refractivity contribution in [3.8, 4) is 0 Å². The van der Waals surface area contributed by atoms with Crippen molar-refractivity contribution in [3.05, 3.63) is 0 Å². The third kappa shape index (κ3) is 6.20. The number of rotatable bonds is 4. The van der Waals surface area contributed by atoms with Crippen molar-refractivity contribution >= 4 is 30.7 Å². The second-order valence-electron chi connectivity index (χ2n) is 4.83. The molecule has 1 rings (SSSR count). The molecular weight excluding hydrogens is 277 g/mol. The number of nitrogens with zero attached hydrogens (tertiary/aromatic N) is 1. The first kappa shape index (κ1) is 20.3. The first-order valence-corrected chi connectivity index (χ1v) is 5.84. The van der Waals surface area contributed by atoms with E-state index in [1.807, 2.05) is 13.8 Å². The lowest BCUT2D eigenvalue weighted by Gasteiger charge is -2.33. The predicted molar refractivity (Wildman–Crippen MR) is 77.6 cm³/mol. The smallest absolute Gasteiger partial charge is 0.250 e. The molecule has 7 heteroatoms. The highest BCUT2D eigenvalue weighted by Crippen LogP contribution is 2.07. The zero-order valence-corrected chi connectivity index (χ0v) is 12.9. The minimum absolute atomic E-state index is 0. The van der Waals surface area contributed by atoms with Crippen LogP contribution >= 0.6 is 24.8 Å². The minimum atomic E-state index is -0.366. The standard InChI is InChI=1S/C11H23N3O2.2ClH/c1-4-14-5-6-16-9(7-14)10(15)13-11(2,3)8-12;;/h9H,4-8,12H2,1-3H3,(H,13,15);2*1H. The monoisotopic (exact) mass is 301 g/mol. The van der Waals surface area contributed by atoms with Crippen molar-refractivity contribution in [3.63, 3.8) is 0 Å². The van der Waals surface area contributed by atoms with Crippen molar-refractivity contribution in [2.45, 2.75) is 32.4 Å². The Morgan fingerprint density at radius 2 is 2.11 bits per heavy atom. The predicted octanol–water partition coefficient (Wildman–Crippen LogP) is 0.404. The van der Waals surface area contributed by atoms with Gasteiger partial charge in [-0.25, -0.2) is 0 Å². The number of morpholine rings is 1. The topological polar surface area (TPSA) is 67.6 Å². The van der Waals surface area contributed by atoms with Crippen LogP contribution in [0, 0.1) is 0 Å². The maximum absolute atomic E-state index is 11.9. The van der Waals surface area contributed by atoms with Gasteiger partial charge in [0.05, 0.1) is 6.61 Å². The maximum Gasteiger partial charge on any atom is 0.250 e. The van der Waals surface area contributed by atoms with Crippen LogP contribution in [0.5, 0.6) is 0 Å². The zero-order valence-electron chi connectivity index (χ0n) is 11.3. The molecule has 5 nitrogen and oxygen atoms in total. The van der Waals surface area contributed by atoms with E-state index in [2.05, 4.69) is 17.1 Å². The first-order chi connectivity index (χ1) is 7.48. The van der Waals surface area contributed by atoms with Crippen LogP contribution in [0.1, 0.15) is 20.8 Å². The summed E-state index contributed by atoms with van der Waals surface area (Å²) in [7, 11) is 0. The summed E-state index contributed by atoms with van der Waals surface area (Å²) >= 11 is 0. The molecule has 1 fully saturated rings. The van der Waals surface area contributed by atoms with Crippen LogP contribution in [0.15, 0.2) is 0 Å². The van der Waals surface area contributed by atoms with E-state index < -0.39 is 0 Å². The van der Waals surface area contributed by atoms with Crippen LogP contribution in [0.4, 0.5) is 0 Å². The molecule has 110 valence electrons. The molecule has 1 aliphatic rings. The highest BCUT2D eigenvalue weighted by molar-refractivity contribution is 5.85. The Morgan fingerprint density at radius 3 is 2.61 bits per heavy atom. The van der Waals surface area contributed by atoms with E-state index in [1.54, 1.807) is 0 Å². The van der Waals surface area contributed by atoms with Crippen LogP contribution < -0.4 is 11.1 Å². The Kier molecular flexibility index (Phi) is 10.1. The summed E-state index contributed by atoms with van der Waals surface area (Å²) in [6.07, 6.45) is -0.362. The fourth-order valence-corrected chi connectivity index (χ4v) is 1.61. The van der Waals surface area contributed by atoms with Gasteiger partial charge >= 0.3 is 0 Å². The van der Waals surface area contributed by atoms with Crippen molar-refractivity contribution < 1.29 is 9.53 Å². The summed E-state index contributed by atoms with van der Waals surface area (Å²) in [6, 6.07) is 0. The number of halogens is 2. The molecule has 0 saturated carbocycles. The summed E-state index contributed by atoms with van der Waals surface area (Å²) in [4.78, 5) is 14.1. The quantitative estimate of drug-likeness (QED) is 0.789. The van der Waals surface area contributed by atoms with E-state index in [0.29, 0.717) is 19.7 Å². The largest absolute Gasteiger partial charge is 0.366 e. The second-order valence-corrected chi connectivity index (χ2v) is 4.83. The Balaban J connectivity index is 0. The molecule has 0 aromatic rings. The van der Waals surface area contributed by atoms with Crippen molar-refractivity contribution in [2.24, 2.45) is 5.73 Å². The molecule has 0 bridgehead atoms.